The summed E-state index contributed by atoms with van der Waals surface area (Å²) in [5, 5.41) is 0.705. The van der Waals surface area contributed by atoms with Gasteiger partial charge in [-0.15, -0.1) is 0 Å². The quantitative estimate of drug-likeness (QED) is 0.554. The van der Waals surface area contributed by atoms with Crippen molar-refractivity contribution in [2.45, 2.75) is 26.3 Å². The van der Waals surface area contributed by atoms with Gasteiger partial charge in [-0.1, -0.05) is 24.6 Å². The monoisotopic (exact) mass is 209 g/mol. The third kappa shape index (κ3) is 2.44. The molecule has 0 amide bonds. The fourth-order valence-electron chi connectivity index (χ4n) is 1.46. The van der Waals surface area contributed by atoms with Crippen molar-refractivity contribution in [2.24, 2.45) is 4.99 Å². The normalized spacial score (nSPS) is 11.9. The van der Waals surface area contributed by atoms with Gasteiger partial charge >= 0.3 is 0 Å². The molecular weight excluding hydrogens is 198 g/mol. The van der Waals surface area contributed by atoms with Gasteiger partial charge in [-0.25, -0.2) is 4.79 Å². The lowest BCUT2D eigenvalue weighted by atomic mass is 10.00. The molecule has 0 fully saturated rings. The maximum atomic E-state index is 10.2. The van der Waals surface area contributed by atoms with Crippen LogP contribution in [0.25, 0.3) is 0 Å². The summed E-state index contributed by atoms with van der Waals surface area (Å²) in [5.74, 6) is 0. The van der Waals surface area contributed by atoms with E-state index >= 15 is 0 Å². The molecule has 1 rings (SSSR count). The minimum absolute atomic E-state index is 0.0928. The smallest absolute Gasteiger partial charge is 0.211 e. The van der Waals surface area contributed by atoms with E-state index < -0.39 is 0 Å². The molecule has 0 radical (unpaired) electrons. The summed E-state index contributed by atoms with van der Waals surface area (Å²) < 4.78 is 0. The molecule has 0 saturated heterocycles. The Morgan fingerprint density at radius 2 is 2.29 bits per heavy atom. The number of benzene rings is 1. The summed E-state index contributed by atoms with van der Waals surface area (Å²) in [4.78, 5) is 14.0. The van der Waals surface area contributed by atoms with Crippen LogP contribution >= 0.6 is 11.6 Å². The maximum Gasteiger partial charge on any atom is 0.235 e. The van der Waals surface area contributed by atoms with Crippen LogP contribution < -0.4 is 0 Å². The Kier molecular flexibility index (Phi) is 3.87. The van der Waals surface area contributed by atoms with Crippen LogP contribution in [0, 0.1) is 6.92 Å². The molecule has 0 aliphatic heterocycles. The van der Waals surface area contributed by atoms with Gasteiger partial charge in [-0.2, -0.15) is 4.99 Å². The summed E-state index contributed by atoms with van der Waals surface area (Å²) in [7, 11) is 0. The zero-order valence-corrected chi connectivity index (χ0v) is 9.01. The number of hydrogen-bond acceptors (Lipinski definition) is 2. The first-order valence-corrected chi connectivity index (χ1v) is 4.89. The number of aliphatic imine (C=N–C) groups is 1. The van der Waals surface area contributed by atoms with Gasteiger partial charge in [0.05, 0.1) is 6.04 Å². The van der Waals surface area contributed by atoms with Crippen LogP contribution in [0.4, 0.5) is 0 Å². The highest BCUT2D eigenvalue weighted by Gasteiger charge is 2.10. The number of nitrogens with zero attached hydrogens (tertiary/aromatic N) is 1. The second-order valence-corrected chi connectivity index (χ2v) is 3.58. The Balaban J connectivity index is 3.10. The number of rotatable bonds is 3. The summed E-state index contributed by atoms with van der Waals surface area (Å²) >= 11 is 5.83. The summed E-state index contributed by atoms with van der Waals surface area (Å²) in [6.45, 7) is 3.95. The Bertz CT molecular complexity index is 370. The molecule has 1 aromatic rings. The van der Waals surface area contributed by atoms with E-state index in [0.717, 1.165) is 17.5 Å². The maximum absolute atomic E-state index is 10.2. The van der Waals surface area contributed by atoms with E-state index in [1.165, 1.54) is 0 Å². The first-order valence-electron chi connectivity index (χ1n) is 4.52. The highest BCUT2D eigenvalue weighted by atomic mass is 35.5. The van der Waals surface area contributed by atoms with Crippen LogP contribution in [0.1, 0.15) is 30.5 Å². The van der Waals surface area contributed by atoms with E-state index in [-0.39, 0.29) is 6.04 Å². The van der Waals surface area contributed by atoms with Gasteiger partial charge in [-0.3, -0.25) is 0 Å². The predicted molar refractivity (Wildman–Crippen MR) is 57.3 cm³/mol. The van der Waals surface area contributed by atoms with Crippen LogP contribution in [-0.2, 0) is 4.79 Å². The molecule has 0 saturated carbocycles. The van der Waals surface area contributed by atoms with Crippen molar-refractivity contribution in [1.29, 1.82) is 0 Å². The van der Waals surface area contributed by atoms with Crippen LogP contribution in [-0.4, -0.2) is 6.08 Å². The van der Waals surface area contributed by atoms with Crippen molar-refractivity contribution in [2.75, 3.05) is 0 Å². The van der Waals surface area contributed by atoms with Crippen LogP contribution in [0.15, 0.2) is 23.2 Å². The van der Waals surface area contributed by atoms with Crippen molar-refractivity contribution in [3.63, 3.8) is 0 Å². The zero-order chi connectivity index (χ0) is 10.6. The molecule has 1 aromatic carbocycles. The van der Waals surface area contributed by atoms with Gasteiger partial charge in [0.15, 0.2) is 0 Å². The molecule has 74 valence electrons. The minimum Gasteiger partial charge on any atom is -0.211 e. The molecule has 2 nitrogen and oxygen atoms in total. The Labute approximate surface area is 88.6 Å². The van der Waals surface area contributed by atoms with Crippen molar-refractivity contribution in [3.8, 4) is 0 Å². The molecule has 0 aliphatic rings. The topological polar surface area (TPSA) is 29.4 Å². The molecule has 1 atom stereocenters. The molecule has 0 aliphatic carbocycles. The Morgan fingerprint density at radius 1 is 1.57 bits per heavy atom. The fourth-order valence-corrected chi connectivity index (χ4v) is 1.68. The molecule has 3 heteroatoms. The molecule has 0 bridgehead atoms. The molecule has 0 spiro atoms. The van der Waals surface area contributed by atoms with Gasteiger partial charge < -0.3 is 0 Å². The molecule has 0 N–H and O–H groups in total. The molecule has 1 unspecified atom stereocenters. The van der Waals surface area contributed by atoms with E-state index in [1.54, 1.807) is 6.08 Å². The molecule has 0 heterocycles. The van der Waals surface area contributed by atoms with E-state index in [0.29, 0.717) is 5.02 Å². The fraction of sp³-hybridized carbons (Fsp3) is 0.364. The largest absolute Gasteiger partial charge is 0.235 e. The number of carbonyl (C=O) groups excluding carboxylic acids is 1. The Morgan fingerprint density at radius 3 is 2.79 bits per heavy atom. The highest BCUT2D eigenvalue weighted by molar-refractivity contribution is 6.30. The SMILES string of the molecule is CCC(N=C=O)c1ccc(Cl)cc1C. The van der Waals surface area contributed by atoms with Crippen molar-refractivity contribution >= 4 is 17.7 Å². The van der Waals surface area contributed by atoms with Crippen molar-refractivity contribution in [3.05, 3.63) is 34.3 Å². The van der Waals surface area contributed by atoms with E-state index in [2.05, 4.69) is 4.99 Å². The van der Waals surface area contributed by atoms with Gasteiger partial charge in [0, 0.05) is 5.02 Å². The first-order chi connectivity index (χ1) is 6.69. The van der Waals surface area contributed by atoms with Crippen LogP contribution in [0.5, 0.6) is 0 Å². The lowest BCUT2D eigenvalue weighted by molar-refractivity contribution is 0.555. The van der Waals surface area contributed by atoms with Crippen LogP contribution in [0.3, 0.4) is 0 Å². The third-order valence-electron chi connectivity index (χ3n) is 2.19. The highest BCUT2D eigenvalue weighted by Crippen LogP contribution is 2.25. The lowest BCUT2D eigenvalue weighted by Crippen LogP contribution is -1.96. The van der Waals surface area contributed by atoms with Gasteiger partial charge in [0.25, 0.3) is 0 Å². The average molecular weight is 210 g/mol. The second kappa shape index (κ2) is 4.94. The number of hydrogen-bond donors (Lipinski definition) is 0. The summed E-state index contributed by atoms with van der Waals surface area (Å²) in [5.41, 5.74) is 2.10. The van der Waals surface area contributed by atoms with Gasteiger partial charge in [0.1, 0.15) is 0 Å². The Hall–Kier alpha value is -1.11. The zero-order valence-electron chi connectivity index (χ0n) is 8.25. The number of halogens is 1. The standard InChI is InChI=1S/C11H12ClNO/c1-3-11(13-7-14)10-5-4-9(12)6-8(10)2/h4-6,11H,3H2,1-2H3. The molecule has 0 aromatic heterocycles. The van der Waals surface area contributed by atoms with Crippen LogP contribution in [0.2, 0.25) is 5.02 Å². The average Bonchev–Trinajstić information content (AvgIpc) is 2.15. The third-order valence-corrected chi connectivity index (χ3v) is 2.42. The van der Waals surface area contributed by atoms with Gasteiger partial charge in [0.2, 0.25) is 6.08 Å². The second-order valence-electron chi connectivity index (χ2n) is 3.15. The van der Waals surface area contributed by atoms with Gasteiger partial charge in [-0.05, 0) is 36.6 Å². The van der Waals surface area contributed by atoms with Crippen molar-refractivity contribution < 1.29 is 4.79 Å². The van der Waals surface area contributed by atoms with E-state index in [9.17, 15) is 4.79 Å². The van der Waals surface area contributed by atoms with Crippen molar-refractivity contribution in [1.82, 2.24) is 0 Å². The van der Waals surface area contributed by atoms with E-state index in [4.69, 9.17) is 11.6 Å². The first kappa shape index (κ1) is 11.0. The number of isocyanates is 1. The van der Waals surface area contributed by atoms with E-state index in [1.807, 2.05) is 32.0 Å². The summed E-state index contributed by atoms with van der Waals surface area (Å²) in [6, 6.07) is 5.50. The lowest BCUT2D eigenvalue weighted by Gasteiger charge is -2.11. The minimum atomic E-state index is -0.0928. The molecular formula is C11H12ClNO. The summed E-state index contributed by atoms with van der Waals surface area (Å²) in [6.07, 6.45) is 2.39. The predicted octanol–water partition coefficient (Wildman–Crippen LogP) is 3.44. The molecule has 14 heavy (non-hydrogen) atoms. The number of aryl methyl sites for hydroxylation is 1.